The molecule has 88 valence electrons. The van der Waals surface area contributed by atoms with Crippen LogP contribution in [0.15, 0.2) is 18.2 Å². The Hall–Kier alpha value is -1.55. The van der Waals surface area contributed by atoms with E-state index in [1.54, 1.807) is 6.92 Å². The molecule has 1 aromatic rings. The van der Waals surface area contributed by atoms with E-state index in [-0.39, 0.29) is 29.4 Å². The fraction of sp³-hybridized carbons (Fsp3) is 0.417. The topological polar surface area (TPSA) is 69.6 Å². The molecule has 0 saturated heterocycles. The van der Waals surface area contributed by atoms with Crippen molar-refractivity contribution in [1.82, 2.24) is 5.32 Å². The summed E-state index contributed by atoms with van der Waals surface area (Å²) >= 11 is 0. The Morgan fingerprint density at radius 1 is 1.19 bits per heavy atom. The fourth-order valence-corrected chi connectivity index (χ4v) is 1.50. The molecule has 0 bridgehead atoms. The van der Waals surface area contributed by atoms with E-state index < -0.39 is 0 Å². The Kier molecular flexibility index (Phi) is 3.90. The van der Waals surface area contributed by atoms with Crippen molar-refractivity contribution >= 4 is 5.78 Å². The number of Topliss-reactive ketones (excluding diaryl/α,β-unsaturated/α-hetero) is 1. The van der Waals surface area contributed by atoms with Gasteiger partial charge in [0.15, 0.2) is 17.3 Å². The Balaban J connectivity index is 2.84. The molecule has 0 radical (unpaired) electrons. The van der Waals surface area contributed by atoms with Gasteiger partial charge in [0.05, 0.1) is 6.04 Å². The number of nitrogens with one attached hydrogen (secondary N) is 1. The maximum atomic E-state index is 11.9. The minimum Gasteiger partial charge on any atom is -0.504 e. The molecule has 1 atom stereocenters. The summed E-state index contributed by atoms with van der Waals surface area (Å²) in [4.78, 5) is 11.9. The number of rotatable bonds is 4. The van der Waals surface area contributed by atoms with Crippen LogP contribution in [-0.4, -0.2) is 28.1 Å². The summed E-state index contributed by atoms with van der Waals surface area (Å²) in [6.07, 6.45) is 0. The molecule has 0 saturated carbocycles. The van der Waals surface area contributed by atoms with E-state index in [4.69, 9.17) is 5.11 Å². The molecule has 0 amide bonds. The van der Waals surface area contributed by atoms with Gasteiger partial charge in [-0.1, -0.05) is 13.8 Å². The van der Waals surface area contributed by atoms with Crippen LogP contribution in [0.2, 0.25) is 0 Å². The molecule has 0 aliphatic heterocycles. The third-order valence-corrected chi connectivity index (χ3v) is 2.24. The first-order valence-electron chi connectivity index (χ1n) is 5.24. The number of carbonyl (C=O) groups excluding carboxylic acids is 1. The SMILES string of the molecule is CC(C)NC(C)C(=O)c1ccc(O)c(O)c1. The smallest absolute Gasteiger partial charge is 0.179 e. The molecule has 4 nitrogen and oxygen atoms in total. The van der Waals surface area contributed by atoms with Crippen molar-refractivity contribution in [2.45, 2.75) is 32.9 Å². The van der Waals surface area contributed by atoms with Crippen LogP contribution < -0.4 is 5.32 Å². The molecule has 1 unspecified atom stereocenters. The van der Waals surface area contributed by atoms with Gasteiger partial charge in [0.2, 0.25) is 0 Å². The second-order valence-electron chi connectivity index (χ2n) is 4.11. The third-order valence-electron chi connectivity index (χ3n) is 2.24. The summed E-state index contributed by atoms with van der Waals surface area (Å²) in [7, 11) is 0. The van der Waals surface area contributed by atoms with Crippen molar-refractivity contribution in [1.29, 1.82) is 0 Å². The van der Waals surface area contributed by atoms with Crippen LogP contribution in [0.1, 0.15) is 31.1 Å². The van der Waals surface area contributed by atoms with Crippen molar-refractivity contribution in [3.8, 4) is 11.5 Å². The lowest BCUT2D eigenvalue weighted by Gasteiger charge is -2.15. The van der Waals surface area contributed by atoms with Gasteiger partial charge in [-0.25, -0.2) is 0 Å². The maximum Gasteiger partial charge on any atom is 0.179 e. The molecule has 0 fully saturated rings. The summed E-state index contributed by atoms with van der Waals surface area (Å²) in [6, 6.07) is 3.98. The highest BCUT2D eigenvalue weighted by Crippen LogP contribution is 2.25. The van der Waals surface area contributed by atoms with Crippen LogP contribution in [-0.2, 0) is 0 Å². The molecule has 0 spiro atoms. The molecule has 3 N–H and O–H groups in total. The normalized spacial score (nSPS) is 12.8. The summed E-state index contributed by atoms with van der Waals surface area (Å²) in [5.74, 6) is -0.604. The van der Waals surface area contributed by atoms with Crippen LogP contribution in [0.3, 0.4) is 0 Å². The van der Waals surface area contributed by atoms with E-state index in [0.717, 1.165) is 0 Å². The molecule has 0 aliphatic carbocycles. The molecule has 1 rings (SSSR count). The monoisotopic (exact) mass is 223 g/mol. The predicted molar refractivity (Wildman–Crippen MR) is 61.8 cm³/mol. The lowest BCUT2D eigenvalue weighted by atomic mass is 10.0. The highest BCUT2D eigenvalue weighted by molar-refractivity contribution is 6.00. The average Bonchev–Trinajstić information content (AvgIpc) is 2.20. The number of carbonyl (C=O) groups is 1. The van der Waals surface area contributed by atoms with E-state index in [2.05, 4.69) is 5.32 Å². The first-order chi connectivity index (χ1) is 7.41. The van der Waals surface area contributed by atoms with E-state index in [1.165, 1.54) is 18.2 Å². The first-order valence-corrected chi connectivity index (χ1v) is 5.24. The number of hydrogen-bond acceptors (Lipinski definition) is 4. The largest absolute Gasteiger partial charge is 0.504 e. The molecule has 0 heterocycles. The fourth-order valence-electron chi connectivity index (χ4n) is 1.50. The lowest BCUT2D eigenvalue weighted by Crippen LogP contribution is -2.38. The van der Waals surface area contributed by atoms with Crippen LogP contribution in [0, 0.1) is 0 Å². The van der Waals surface area contributed by atoms with Gasteiger partial charge in [-0.3, -0.25) is 4.79 Å². The van der Waals surface area contributed by atoms with Gasteiger partial charge in [0, 0.05) is 11.6 Å². The standard InChI is InChI=1S/C12H17NO3/c1-7(2)13-8(3)12(16)9-4-5-10(14)11(15)6-9/h4-8,13-15H,1-3H3. The van der Waals surface area contributed by atoms with Crippen LogP contribution in [0.5, 0.6) is 11.5 Å². The summed E-state index contributed by atoms with van der Waals surface area (Å²) in [5, 5.41) is 21.5. The van der Waals surface area contributed by atoms with Gasteiger partial charge < -0.3 is 15.5 Å². The molecule has 16 heavy (non-hydrogen) atoms. The first kappa shape index (κ1) is 12.5. The molecule has 1 aromatic carbocycles. The Bertz CT molecular complexity index is 388. The zero-order valence-electron chi connectivity index (χ0n) is 9.69. The number of hydrogen-bond donors (Lipinski definition) is 3. The maximum absolute atomic E-state index is 11.9. The quantitative estimate of drug-likeness (QED) is 0.536. The molecule has 4 heteroatoms. The van der Waals surface area contributed by atoms with Crippen LogP contribution >= 0.6 is 0 Å². The summed E-state index contributed by atoms with van der Waals surface area (Å²) in [5.41, 5.74) is 0.385. The minimum atomic E-state index is -0.316. The number of phenolic OH excluding ortho intramolecular Hbond substituents is 2. The Morgan fingerprint density at radius 3 is 2.31 bits per heavy atom. The Labute approximate surface area is 94.9 Å². The predicted octanol–water partition coefficient (Wildman–Crippen LogP) is 1.67. The Morgan fingerprint density at radius 2 is 1.81 bits per heavy atom. The highest BCUT2D eigenvalue weighted by Gasteiger charge is 2.16. The van der Waals surface area contributed by atoms with Crippen LogP contribution in [0.25, 0.3) is 0 Å². The second-order valence-corrected chi connectivity index (χ2v) is 4.11. The highest BCUT2D eigenvalue weighted by atomic mass is 16.3. The number of ketones is 1. The van der Waals surface area contributed by atoms with E-state index >= 15 is 0 Å². The van der Waals surface area contributed by atoms with Gasteiger partial charge in [-0.05, 0) is 25.1 Å². The van der Waals surface area contributed by atoms with E-state index in [0.29, 0.717) is 5.56 Å². The van der Waals surface area contributed by atoms with Crippen molar-refractivity contribution in [2.75, 3.05) is 0 Å². The van der Waals surface area contributed by atoms with Gasteiger partial charge >= 0.3 is 0 Å². The number of benzene rings is 1. The third kappa shape index (κ3) is 2.97. The van der Waals surface area contributed by atoms with Crippen LogP contribution in [0.4, 0.5) is 0 Å². The average molecular weight is 223 g/mol. The van der Waals surface area contributed by atoms with E-state index in [9.17, 15) is 9.90 Å². The molecular formula is C12H17NO3. The molecule has 0 aromatic heterocycles. The van der Waals surface area contributed by atoms with Crippen molar-refractivity contribution in [3.63, 3.8) is 0 Å². The zero-order chi connectivity index (χ0) is 12.3. The van der Waals surface area contributed by atoms with Crippen molar-refractivity contribution in [2.24, 2.45) is 0 Å². The number of aromatic hydroxyl groups is 2. The van der Waals surface area contributed by atoms with Gasteiger partial charge in [0.25, 0.3) is 0 Å². The molecular weight excluding hydrogens is 206 g/mol. The lowest BCUT2D eigenvalue weighted by molar-refractivity contribution is 0.0946. The van der Waals surface area contributed by atoms with Gasteiger partial charge in [-0.2, -0.15) is 0 Å². The second kappa shape index (κ2) is 4.99. The van der Waals surface area contributed by atoms with Gasteiger partial charge in [0.1, 0.15) is 0 Å². The van der Waals surface area contributed by atoms with Crippen molar-refractivity contribution in [3.05, 3.63) is 23.8 Å². The van der Waals surface area contributed by atoms with Crippen molar-refractivity contribution < 1.29 is 15.0 Å². The summed E-state index contributed by atoms with van der Waals surface area (Å²) in [6.45, 7) is 5.68. The van der Waals surface area contributed by atoms with Gasteiger partial charge in [-0.15, -0.1) is 0 Å². The minimum absolute atomic E-state index is 0.107. The van der Waals surface area contributed by atoms with E-state index in [1.807, 2.05) is 13.8 Å². The number of phenols is 2. The zero-order valence-corrected chi connectivity index (χ0v) is 9.69. The molecule has 0 aliphatic rings. The summed E-state index contributed by atoms with van der Waals surface area (Å²) < 4.78 is 0.